The summed E-state index contributed by atoms with van der Waals surface area (Å²) in [5.41, 5.74) is 5.39. The molecule has 3 aromatic rings. The first-order valence-corrected chi connectivity index (χ1v) is 8.86. The molecule has 0 aliphatic carbocycles. The van der Waals surface area contributed by atoms with Gasteiger partial charge in [-0.05, 0) is 43.7 Å². The lowest BCUT2D eigenvalue weighted by atomic mass is 10.0. The van der Waals surface area contributed by atoms with E-state index >= 15 is 0 Å². The van der Waals surface area contributed by atoms with E-state index in [2.05, 4.69) is 28.9 Å². The molecule has 1 amide bonds. The molecule has 4 rings (SSSR count). The van der Waals surface area contributed by atoms with Crippen molar-refractivity contribution in [1.82, 2.24) is 4.98 Å². The van der Waals surface area contributed by atoms with E-state index in [9.17, 15) is 4.79 Å². The van der Waals surface area contributed by atoms with Gasteiger partial charge in [0.1, 0.15) is 6.67 Å². The number of aryl methyl sites for hydroxylation is 2. The van der Waals surface area contributed by atoms with Crippen LogP contribution in [0.4, 0.5) is 17.1 Å². The van der Waals surface area contributed by atoms with Gasteiger partial charge in [0, 0.05) is 11.8 Å². The summed E-state index contributed by atoms with van der Waals surface area (Å²) < 4.78 is 5.20. The second kappa shape index (κ2) is 6.76. The predicted octanol–water partition coefficient (Wildman–Crippen LogP) is 4.46. The van der Waals surface area contributed by atoms with Gasteiger partial charge < -0.3 is 9.64 Å². The molecule has 0 unspecified atom stereocenters. The number of hydrogen-bond acceptors (Lipinski definition) is 4. The zero-order valence-electron chi connectivity index (χ0n) is 15.6. The van der Waals surface area contributed by atoms with E-state index in [1.165, 1.54) is 0 Å². The molecule has 0 fully saturated rings. The molecule has 5 nitrogen and oxygen atoms in total. The molecular formula is C22H21N3O2. The molecule has 1 aromatic heterocycles. The summed E-state index contributed by atoms with van der Waals surface area (Å²) in [6, 6.07) is 19.6. The molecule has 2 aromatic carbocycles. The molecular weight excluding hydrogens is 338 g/mol. The van der Waals surface area contributed by atoms with Crippen LogP contribution in [-0.4, -0.2) is 24.7 Å². The fourth-order valence-corrected chi connectivity index (χ4v) is 3.50. The standard InChI is InChI=1S/C22H21N3O2/c1-15-8-4-6-10-18(15)24-14-25(19-12-13-21(27-3)23-16(19)2)22(26)17-9-5-7-11-20(17)24/h4-13H,14H2,1-3H3. The maximum absolute atomic E-state index is 13.2. The highest BCUT2D eigenvalue weighted by Crippen LogP contribution is 2.37. The Kier molecular flexibility index (Phi) is 4.28. The Morgan fingerprint density at radius 1 is 0.852 bits per heavy atom. The van der Waals surface area contributed by atoms with E-state index in [0.717, 1.165) is 28.3 Å². The first-order valence-electron chi connectivity index (χ1n) is 8.86. The molecule has 2 heterocycles. The summed E-state index contributed by atoms with van der Waals surface area (Å²) in [6.07, 6.45) is 0. The SMILES string of the molecule is COc1ccc(N2CN(c3ccccc3C)c3ccccc3C2=O)c(C)n1. The molecule has 5 heteroatoms. The third kappa shape index (κ3) is 2.91. The first-order chi connectivity index (χ1) is 13.1. The molecule has 27 heavy (non-hydrogen) atoms. The molecule has 1 aliphatic rings. The number of para-hydroxylation sites is 2. The van der Waals surface area contributed by atoms with Crippen LogP contribution in [0.5, 0.6) is 5.88 Å². The van der Waals surface area contributed by atoms with E-state index < -0.39 is 0 Å². The van der Waals surface area contributed by atoms with Crippen LogP contribution in [0.15, 0.2) is 60.7 Å². The summed E-state index contributed by atoms with van der Waals surface area (Å²) in [7, 11) is 1.59. The predicted molar refractivity (Wildman–Crippen MR) is 107 cm³/mol. The highest BCUT2D eigenvalue weighted by Gasteiger charge is 2.32. The van der Waals surface area contributed by atoms with Crippen LogP contribution in [0.3, 0.4) is 0 Å². The first kappa shape index (κ1) is 17.1. The Morgan fingerprint density at radius 2 is 1.56 bits per heavy atom. The third-order valence-electron chi connectivity index (χ3n) is 4.89. The average molecular weight is 359 g/mol. The zero-order valence-corrected chi connectivity index (χ0v) is 15.6. The smallest absolute Gasteiger partial charge is 0.261 e. The molecule has 0 N–H and O–H groups in total. The minimum Gasteiger partial charge on any atom is -0.481 e. The van der Waals surface area contributed by atoms with Crippen molar-refractivity contribution >= 4 is 23.0 Å². The van der Waals surface area contributed by atoms with Crippen molar-refractivity contribution in [2.24, 2.45) is 0 Å². The van der Waals surface area contributed by atoms with E-state index in [4.69, 9.17) is 4.74 Å². The van der Waals surface area contributed by atoms with E-state index in [-0.39, 0.29) is 5.91 Å². The number of rotatable bonds is 3. The van der Waals surface area contributed by atoms with Crippen LogP contribution in [0.25, 0.3) is 0 Å². The Hall–Kier alpha value is -3.34. The lowest BCUT2D eigenvalue weighted by Crippen LogP contribution is -2.45. The van der Waals surface area contributed by atoms with Crippen LogP contribution >= 0.6 is 0 Å². The number of benzene rings is 2. The lowest BCUT2D eigenvalue weighted by Gasteiger charge is -2.39. The summed E-state index contributed by atoms with van der Waals surface area (Å²) in [6.45, 7) is 4.40. The number of ether oxygens (including phenoxy) is 1. The van der Waals surface area contributed by atoms with Crippen LogP contribution in [0, 0.1) is 13.8 Å². The average Bonchev–Trinajstić information content (AvgIpc) is 2.69. The quantitative estimate of drug-likeness (QED) is 0.692. The molecule has 0 saturated heterocycles. The Morgan fingerprint density at radius 3 is 2.26 bits per heavy atom. The number of aromatic nitrogens is 1. The van der Waals surface area contributed by atoms with Gasteiger partial charge in [0.25, 0.3) is 5.91 Å². The van der Waals surface area contributed by atoms with Gasteiger partial charge >= 0.3 is 0 Å². The summed E-state index contributed by atoms with van der Waals surface area (Å²) in [5.74, 6) is 0.516. The highest BCUT2D eigenvalue weighted by molar-refractivity contribution is 6.12. The summed E-state index contributed by atoms with van der Waals surface area (Å²) in [4.78, 5) is 21.6. The van der Waals surface area contributed by atoms with Crippen LogP contribution in [0.1, 0.15) is 21.6 Å². The van der Waals surface area contributed by atoms with Gasteiger partial charge in [-0.2, -0.15) is 0 Å². The fraction of sp³-hybridized carbons (Fsp3) is 0.182. The molecule has 0 spiro atoms. The van der Waals surface area contributed by atoms with E-state index in [1.54, 1.807) is 18.1 Å². The van der Waals surface area contributed by atoms with Crippen molar-refractivity contribution in [3.8, 4) is 5.88 Å². The zero-order chi connectivity index (χ0) is 19.0. The maximum atomic E-state index is 13.2. The normalized spacial score (nSPS) is 13.5. The number of hydrogen-bond donors (Lipinski definition) is 0. The number of carbonyl (C=O) groups is 1. The summed E-state index contributed by atoms with van der Waals surface area (Å²) in [5, 5.41) is 0. The molecule has 136 valence electrons. The van der Waals surface area contributed by atoms with Gasteiger partial charge in [0.2, 0.25) is 5.88 Å². The second-order valence-electron chi connectivity index (χ2n) is 6.56. The van der Waals surface area contributed by atoms with Crippen LogP contribution in [0.2, 0.25) is 0 Å². The minimum absolute atomic E-state index is 0.0227. The van der Waals surface area contributed by atoms with Crippen molar-refractivity contribution in [2.45, 2.75) is 13.8 Å². The van der Waals surface area contributed by atoms with E-state index in [1.807, 2.05) is 49.4 Å². The number of anilines is 3. The van der Waals surface area contributed by atoms with Gasteiger partial charge in [-0.15, -0.1) is 0 Å². The third-order valence-corrected chi connectivity index (χ3v) is 4.89. The second-order valence-corrected chi connectivity index (χ2v) is 6.56. The van der Waals surface area contributed by atoms with Crippen molar-refractivity contribution in [3.63, 3.8) is 0 Å². The Bertz CT molecular complexity index is 1020. The highest BCUT2D eigenvalue weighted by atomic mass is 16.5. The van der Waals surface area contributed by atoms with Crippen molar-refractivity contribution in [1.29, 1.82) is 0 Å². The van der Waals surface area contributed by atoms with Crippen molar-refractivity contribution in [2.75, 3.05) is 23.6 Å². The Labute approximate surface area is 158 Å². The lowest BCUT2D eigenvalue weighted by molar-refractivity contribution is 0.0983. The number of methoxy groups -OCH3 is 1. The van der Waals surface area contributed by atoms with Crippen molar-refractivity contribution < 1.29 is 9.53 Å². The number of pyridine rings is 1. The Balaban J connectivity index is 1.85. The van der Waals surface area contributed by atoms with E-state index in [0.29, 0.717) is 18.1 Å². The van der Waals surface area contributed by atoms with Gasteiger partial charge in [0.05, 0.1) is 29.7 Å². The molecule has 0 bridgehead atoms. The minimum atomic E-state index is -0.0227. The topological polar surface area (TPSA) is 45.7 Å². The van der Waals surface area contributed by atoms with Crippen LogP contribution in [-0.2, 0) is 0 Å². The maximum Gasteiger partial charge on any atom is 0.261 e. The van der Waals surface area contributed by atoms with Gasteiger partial charge in [-0.25, -0.2) is 4.98 Å². The van der Waals surface area contributed by atoms with Gasteiger partial charge in [0.15, 0.2) is 0 Å². The van der Waals surface area contributed by atoms with Crippen molar-refractivity contribution in [3.05, 3.63) is 77.5 Å². The molecule has 0 atom stereocenters. The number of carbonyl (C=O) groups excluding carboxylic acids is 1. The number of amides is 1. The molecule has 1 aliphatic heterocycles. The van der Waals surface area contributed by atoms with Crippen LogP contribution < -0.4 is 14.5 Å². The molecule has 0 saturated carbocycles. The molecule has 0 radical (unpaired) electrons. The summed E-state index contributed by atoms with van der Waals surface area (Å²) >= 11 is 0. The van der Waals surface area contributed by atoms with Gasteiger partial charge in [-0.1, -0.05) is 30.3 Å². The largest absolute Gasteiger partial charge is 0.481 e. The number of nitrogens with zero attached hydrogens (tertiary/aromatic N) is 3. The number of fused-ring (bicyclic) bond motifs is 1. The van der Waals surface area contributed by atoms with Gasteiger partial charge in [-0.3, -0.25) is 9.69 Å². The monoisotopic (exact) mass is 359 g/mol. The fourth-order valence-electron chi connectivity index (χ4n) is 3.50.